The molecule has 0 fully saturated rings. The minimum atomic E-state index is -1.59. The second-order valence-corrected chi connectivity index (χ2v) is 3.71. The molecule has 0 saturated heterocycles. The fraction of sp³-hybridized carbons (Fsp3) is 0.0833. The molecule has 0 unspecified atom stereocenters. The fourth-order valence-corrected chi connectivity index (χ4v) is 1.27. The summed E-state index contributed by atoms with van der Waals surface area (Å²) >= 11 is 0. The third-order valence-electron chi connectivity index (χ3n) is 2.02. The van der Waals surface area contributed by atoms with Gasteiger partial charge in [-0.25, -0.2) is 4.79 Å². The number of anilines is 2. The first-order valence-corrected chi connectivity index (χ1v) is 5.58. The molecule has 1 rings (SSSR count). The summed E-state index contributed by atoms with van der Waals surface area (Å²) in [6.07, 6.45) is -1.59. The number of imide groups is 1. The van der Waals surface area contributed by atoms with E-state index in [9.17, 15) is 14.4 Å². The third kappa shape index (κ3) is 5.39. The number of carbonyl (C=O) groups excluding carboxylic acids is 2. The average Bonchev–Trinajstić information content (AvgIpc) is 2.38. The van der Waals surface area contributed by atoms with E-state index in [0.29, 0.717) is 11.4 Å². The van der Waals surface area contributed by atoms with Crippen LogP contribution < -0.4 is 16.1 Å². The number of hydrazone groups is 1. The van der Waals surface area contributed by atoms with Crippen LogP contribution in [-0.2, 0) is 9.59 Å². The Balaban J connectivity index is 2.82. The van der Waals surface area contributed by atoms with Crippen molar-refractivity contribution in [2.24, 2.45) is 5.10 Å². The summed E-state index contributed by atoms with van der Waals surface area (Å²) in [6.45, 7) is 1.35. The van der Waals surface area contributed by atoms with Crippen molar-refractivity contribution in [3.63, 3.8) is 0 Å². The molecule has 0 aliphatic rings. The Bertz CT molecular complexity index is 647. The van der Waals surface area contributed by atoms with Crippen LogP contribution in [0.1, 0.15) is 6.92 Å². The van der Waals surface area contributed by atoms with E-state index in [1.165, 1.54) is 24.4 Å². The molecule has 0 radical (unpaired) electrons. The molecule has 0 bridgehead atoms. The van der Waals surface area contributed by atoms with Crippen molar-refractivity contribution in [1.29, 1.82) is 5.26 Å². The number of rotatable bonds is 4. The molecule has 108 valence electrons. The van der Waals surface area contributed by atoms with E-state index in [2.05, 4.69) is 15.8 Å². The van der Waals surface area contributed by atoms with Gasteiger partial charge in [0, 0.05) is 12.6 Å². The van der Waals surface area contributed by atoms with E-state index < -0.39 is 17.7 Å². The summed E-state index contributed by atoms with van der Waals surface area (Å²) in [5, 5.41) is 24.7. The van der Waals surface area contributed by atoms with Gasteiger partial charge in [0.05, 0.1) is 5.69 Å². The minimum Gasteiger partial charge on any atom is -0.465 e. The summed E-state index contributed by atoms with van der Waals surface area (Å²) < 4.78 is 0. The highest BCUT2D eigenvalue weighted by atomic mass is 16.4. The molecule has 0 aromatic heterocycles. The molecule has 21 heavy (non-hydrogen) atoms. The second kappa shape index (κ2) is 7.25. The molecule has 0 aliphatic heterocycles. The summed E-state index contributed by atoms with van der Waals surface area (Å²) in [6, 6.07) is 7.83. The van der Waals surface area contributed by atoms with Gasteiger partial charge in [0.2, 0.25) is 11.6 Å². The summed E-state index contributed by atoms with van der Waals surface area (Å²) in [7, 11) is 0. The van der Waals surface area contributed by atoms with Gasteiger partial charge in [-0.15, -0.1) is 0 Å². The number of carbonyl (C=O) groups is 3. The maximum Gasteiger partial charge on any atom is 0.411 e. The Kier molecular flexibility index (Phi) is 5.40. The Morgan fingerprint density at radius 2 is 1.95 bits per heavy atom. The topological polar surface area (TPSA) is 144 Å². The van der Waals surface area contributed by atoms with Crippen molar-refractivity contribution in [3.05, 3.63) is 24.3 Å². The number of hydrogen-bond acceptors (Lipinski definition) is 6. The quantitative estimate of drug-likeness (QED) is 0.475. The van der Waals surface area contributed by atoms with Gasteiger partial charge in [0.25, 0.3) is 5.91 Å². The lowest BCUT2D eigenvalue weighted by Gasteiger charge is -2.05. The first-order chi connectivity index (χ1) is 9.92. The zero-order chi connectivity index (χ0) is 15.8. The van der Waals surface area contributed by atoms with Crippen molar-refractivity contribution in [2.45, 2.75) is 6.92 Å². The van der Waals surface area contributed by atoms with Crippen molar-refractivity contribution in [3.8, 4) is 6.07 Å². The number of nitrogens with zero attached hydrogens (tertiary/aromatic N) is 2. The standard InChI is InChI=1S/C12H11N5O4/c1-7(18)14-8-3-2-4-9(5-8)16-17-10(6-13)11(19)15-12(20)21/h2-5,16H,1H3,(H,14,18)(H,15,19)(H,20,21)/b17-10-. The van der Waals surface area contributed by atoms with E-state index >= 15 is 0 Å². The first-order valence-electron chi connectivity index (χ1n) is 5.58. The van der Waals surface area contributed by atoms with E-state index in [1.54, 1.807) is 18.2 Å². The lowest BCUT2D eigenvalue weighted by molar-refractivity contribution is -0.115. The minimum absolute atomic E-state index is 0.255. The Morgan fingerprint density at radius 1 is 1.29 bits per heavy atom. The van der Waals surface area contributed by atoms with E-state index in [-0.39, 0.29) is 5.91 Å². The van der Waals surface area contributed by atoms with Crippen molar-refractivity contribution < 1.29 is 19.5 Å². The van der Waals surface area contributed by atoms with Gasteiger partial charge in [-0.05, 0) is 18.2 Å². The number of carboxylic acid groups (broad SMARTS) is 1. The van der Waals surface area contributed by atoms with E-state index in [1.807, 2.05) is 0 Å². The molecular weight excluding hydrogens is 278 g/mol. The van der Waals surface area contributed by atoms with E-state index in [0.717, 1.165) is 0 Å². The highest BCUT2D eigenvalue weighted by molar-refractivity contribution is 6.46. The number of amides is 3. The number of hydrogen-bond donors (Lipinski definition) is 4. The monoisotopic (exact) mass is 289 g/mol. The molecule has 0 heterocycles. The molecule has 9 nitrogen and oxygen atoms in total. The maximum atomic E-state index is 11.3. The van der Waals surface area contributed by atoms with Crippen LogP contribution in [0.4, 0.5) is 16.2 Å². The third-order valence-corrected chi connectivity index (χ3v) is 2.02. The van der Waals surface area contributed by atoms with Crippen LogP contribution in [0.25, 0.3) is 0 Å². The van der Waals surface area contributed by atoms with Gasteiger partial charge in [-0.3, -0.25) is 20.3 Å². The molecule has 1 aromatic rings. The first kappa shape index (κ1) is 15.6. The van der Waals surface area contributed by atoms with Crippen LogP contribution in [0, 0.1) is 11.3 Å². The zero-order valence-electron chi connectivity index (χ0n) is 10.9. The molecule has 1 aromatic carbocycles. The predicted molar refractivity (Wildman–Crippen MR) is 73.6 cm³/mol. The van der Waals surface area contributed by atoms with Crippen LogP contribution in [0.15, 0.2) is 29.4 Å². The van der Waals surface area contributed by atoms with E-state index in [4.69, 9.17) is 10.4 Å². The maximum absolute atomic E-state index is 11.3. The average molecular weight is 289 g/mol. The van der Waals surface area contributed by atoms with Gasteiger partial charge in [0.15, 0.2) is 0 Å². The molecule has 9 heteroatoms. The predicted octanol–water partition coefficient (Wildman–Crippen LogP) is 0.731. The Hall–Kier alpha value is -3.41. The molecule has 0 aliphatic carbocycles. The smallest absolute Gasteiger partial charge is 0.411 e. The SMILES string of the molecule is CC(=O)Nc1cccc(N/N=C(/C#N)C(=O)NC(=O)O)c1. The van der Waals surface area contributed by atoms with Gasteiger partial charge >= 0.3 is 6.09 Å². The second-order valence-electron chi connectivity index (χ2n) is 3.71. The number of benzene rings is 1. The molecule has 0 spiro atoms. The highest BCUT2D eigenvalue weighted by Crippen LogP contribution is 2.14. The number of nitriles is 1. The zero-order valence-corrected chi connectivity index (χ0v) is 10.9. The lowest BCUT2D eigenvalue weighted by atomic mass is 10.3. The molecular formula is C12H11N5O4. The summed E-state index contributed by atoms with van der Waals surface area (Å²) in [5.41, 5.74) is 2.67. The Morgan fingerprint density at radius 3 is 2.52 bits per heavy atom. The van der Waals surface area contributed by atoms with Gasteiger partial charge in [0.1, 0.15) is 6.07 Å². The van der Waals surface area contributed by atoms with Crippen LogP contribution in [0.2, 0.25) is 0 Å². The van der Waals surface area contributed by atoms with Crippen molar-refractivity contribution >= 4 is 35.0 Å². The molecule has 4 N–H and O–H groups in total. The summed E-state index contributed by atoms with van der Waals surface area (Å²) in [4.78, 5) is 32.5. The van der Waals surface area contributed by atoms with Crippen LogP contribution in [-0.4, -0.2) is 28.7 Å². The lowest BCUT2D eigenvalue weighted by Crippen LogP contribution is -2.34. The molecule has 0 saturated carbocycles. The molecule has 0 atom stereocenters. The summed E-state index contributed by atoms with van der Waals surface area (Å²) in [5.74, 6) is -1.40. The largest absolute Gasteiger partial charge is 0.465 e. The van der Waals surface area contributed by atoms with Crippen molar-refractivity contribution in [2.75, 3.05) is 10.7 Å². The highest BCUT2D eigenvalue weighted by Gasteiger charge is 2.13. The van der Waals surface area contributed by atoms with Crippen LogP contribution in [0.5, 0.6) is 0 Å². The van der Waals surface area contributed by atoms with Crippen molar-refractivity contribution in [1.82, 2.24) is 5.32 Å². The van der Waals surface area contributed by atoms with Gasteiger partial charge in [-0.2, -0.15) is 10.4 Å². The van der Waals surface area contributed by atoms with Crippen LogP contribution in [0.3, 0.4) is 0 Å². The number of nitrogens with one attached hydrogen (secondary N) is 3. The van der Waals surface area contributed by atoms with Gasteiger partial charge < -0.3 is 10.4 Å². The molecule has 3 amide bonds. The fourth-order valence-electron chi connectivity index (χ4n) is 1.27. The normalized spacial score (nSPS) is 10.2. The Labute approximate surface area is 119 Å². The van der Waals surface area contributed by atoms with Crippen LogP contribution >= 0.6 is 0 Å². The van der Waals surface area contributed by atoms with Gasteiger partial charge in [-0.1, -0.05) is 6.07 Å².